The number of pyridine rings is 1. The van der Waals surface area contributed by atoms with Gasteiger partial charge in [0.2, 0.25) is 0 Å². The molecule has 0 N–H and O–H groups in total. The standard InChI is InChI=1S/C12H9N5O2/c13-16-15-12-3-1-2-10(14-12)8-9-4-6-11(7-5-9)17(18)19/h1-7H,8H2. The molecule has 0 aliphatic rings. The predicted octanol–water partition coefficient (Wildman–Crippen LogP) is 3.52. The summed E-state index contributed by atoms with van der Waals surface area (Å²) in [5, 5.41) is 14.0. The Bertz CT molecular complexity index is 647. The minimum absolute atomic E-state index is 0.0551. The molecule has 2 rings (SSSR count). The number of nitrogens with zero attached hydrogens (tertiary/aromatic N) is 5. The van der Waals surface area contributed by atoms with E-state index in [1.807, 2.05) is 0 Å². The highest BCUT2D eigenvalue weighted by atomic mass is 16.6. The summed E-state index contributed by atoms with van der Waals surface area (Å²) in [5.74, 6) is 0.307. The van der Waals surface area contributed by atoms with Gasteiger partial charge in [0.1, 0.15) is 5.82 Å². The molecule has 0 atom stereocenters. The molecule has 0 saturated carbocycles. The van der Waals surface area contributed by atoms with Gasteiger partial charge in [-0.3, -0.25) is 15.1 Å². The van der Waals surface area contributed by atoms with Gasteiger partial charge in [-0.2, -0.15) is 0 Å². The average Bonchev–Trinajstić information content (AvgIpc) is 2.40. The quantitative estimate of drug-likeness (QED) is 0.274. The lowest BCUT2D eigenvalue weighted by Gasteiger charge is -2.01. The number of hydrogen-bond donors (Lipinski definition) is 0. The summed E-state index contributed by atoms with van der Waals surface area (Å²) in [6.45, 7) is 0. The number of aromatic nitrogens is 1. The normalized spacial score (nSPS) is 9.68. The largest absolute Gasteiger partial charge is 0.269 e. The summed E-state index contributed by atoms with van der Waals surface area (Å²) < 4.78 is 0. The van der Waals surface area contributed by atoms with E-state index in [0.29, 0.717) is 12.2 Å². The number of rotatable bonds is 4. The minimum atomic E-state index is -0.440. The Balaban J connectivity index is 2.18. The van der Waals surface area contributed by atoms with Crippen LogP contribution in [0.15, 0.2) is 47.6 Å². The van der Waals surface area contributed by atoms with E-state index in [1.54, 1.807) is 30.3 Å². The summed E-state index contributed by atoms with van der Waals surface area (Å²) in [5.41, 5.74) is 10.0. The van der Waals surface area contributed by atoms with E-state index in [9.17, 15) is 10.1 Å². The van der Waals surface area contributed by atoms with Gasteiger partial charge >= 0.3 is 0 Å². The van der Waals surface area contributed by atoms with Crippen LogP contribution in [-0.2, 0) is 6.42 Å². The van der Waals surface area contributed by atoms with Crippen molar-refractivity contribution >= 4 is 11.5 Å². The van der Waals surface area contributed by atoms with Crippen molar-refractivity contribution in [1.29, 1.82) is 0 Å². The van der Waals surface area contributed by atoms with Crippen molar-refractivity contribution in [2.45, 2.75) is 6.42 Å². The van der Waals surface area contributed by atoms with Gasteiger partial charge in [-0.25, -0.2) is 0 Å². The van der Waals surface area contributed by atoms with E-state index in [0.717, 1.165) is 11.3 Å². The molecule has 0 aliphatic heterocycles. The van der Waals surface area contributed by atoms with Crippen LogP contribution < -0.4 is 0 Å². The highest BCUT2D eigenvalue weighted by Gasteiger charge is 2.05. The van der Waals surface area contributed by atoms with Crippen molar-refractivity contribution in [2.75, 3.05) is 0 Å². The van der Waals surface area contributed by atoms with E-state index >= 15 is 0 Å². The molecular formula is C12H9N5O2. The molecule has 0 unspecified atom stereocenters. The fraction of sp³-hybridized carbons (Fsp3) is 0.0833. The van der Waals surface area contributed by atoms with E-state index in [4.69, 9.17) is 5.53 Å². The molecule has 1 heterocycles. The zero-order valence-corrected chi connectivity index (χ0v) is 9.80. The van der Waals surface area contributed by atoms with Crippen molar-refractivity contribution in [2.24, 2.45) is 5.11 Å². The number of nitro benzene ring substituents is 1. The predicted molar refractivity (Wildman–Crippen MR) is 68.9 cm³/mol. The maximum Gasteiger partial charge on any atom is 0.269 e. The van der Waals surface area contributed by atoms with E-state index in [2.05, 4.69) is 15.0 Å². The Kier molecular flexibility index (Phi) is 3.70. The van der Waals surface area contributed by atoms with Crippen LogP contribution in [0, 0.1) is 10.1 Å². The number of nitro groups is 1. The van der Waals surface area contributed by atoms with Gasteiger partial charge in [-0.05, 0) is 28.3 Å². The first kappa shape index (κ1) is 12.5. The van der Waals surface area contributed by atoms with E-state index in [-0.39, 0.29) is 5.69 Å². The third-order valence-corrected chi connectivity index (χ3v) is 2.47. The van der Waals surface area contributed by atoms with Gasteiger partial charge in [0.15, 0.2) is 0 Å². The van der Waals surface area contributed by atoms with E-state index in [1.165, 1.54) is 12.1 Å². The fourth-order valence-electron chi connectivity index (χ4n) is 1.61. The van der Waals surface area contributed by atoms with Crippen LogP contribution in [0.4, 0.5) is 11.5 Å². The third-order valence-electron chi connectivity index (χ3n) is 2.47. The molecule has 0 bridgehead atoms. The lowest BCUT2D eigenvalue weighted by Crippen LogP contribution is -1.93. The number of hydrogen-bond acceptors (Lipinski definition) is 4. The summed E-state index contributed by atoms with van der Waals surface area (Å²) in [6, 6.07) is 11.4. The fourth-order valence-corrected chi connectivity index (χ4v) is 1.61. The van der Waals surface area contributed by atoms with Crippen molar-refractivity contribution in [1.82, 2.24) is 4.98 Å². The van der Waals surface area contributed by atoms with Gasteiger partial charge in [0.05, 0.1) is 4.92 Å². The summed E-state index contributed by atoms with van der Waals surface area (Å²) >= 11 is 0. The van der Waals surface area contributed by atoms with Gasteiger partial charge in [0, 0.05) is 29.2 Å². The maximum absolute atomic E-state index is 10.5. The molecule has 19 heavy (non-hydrogen) atoms. The summed E-state index contributed by atoms with van der Waals surface area (Å²) in [6.07, 6.45) is 0.521. The molecule has 0 radical (unpaired) electrons. The van der Waals surface area contributed by atoms with Crippen LogP contribution in [0.2, 0.25) is 0 Å². The van der Waals surface area contributed by atoms with Gasteiger partial charge < -0.3 is 0 Å². The van der Waals surface area contributed by atoms with Gasteiger partial charge in [-0.15, -0.1) is 0 Å². The minimum Gasteiger partial charge on any atom is -0.258 e. The SMILES string of the molecule is [N-]=[N+]=Nc1cccc(Cc2ccc([N+](=O)[O-])cc2)n1. The molecule has 7 nitrogen and oxygen atoms in total. The molecule has 0 amide bonds. The Morgan fingerprint density at radius 2 is 2.00 bits per heavy atom. The van der Waals surface area contributed by atoms with Crippen molar-refractivity contribution < 1.29 is 4.92 Å². The second-order valence-corrected chi connectivity index (χ2v) is 3.78. The number of benzene rings is 1. The molecule has 7 heteroatoms. The van der Waals surface area contributed by atoms with Crippen LogP contribution in [0.1, 0.15) is 11.3 Å². The van der Waals surface area contributed by atoms with E-state index < -0.39 is 4.92 Å². The first-order valence-electron chi connectivity index (χ1n) is 5.43. The molecule has 0 spiro atoms. The zero-order chi connectivity index (χ0) is 13.7. The lowest BCUT2D eigenvalue weighted by molar-refractivity contribution is -0.384. The van der Waals surface area contributed by atoms with Gasteiger partial charge in [0.25, 0.3) is 5.69 Å². The van der Waals surface area contributed by atoms with Crippen LogP contribution in [0.25, 0.3) is 10.4 Å². The number of non-ortho nitro benzene ring substituents is 1. The lowest BCUT2D eigenvalue weighted by atomic mass is 10.1. The average molecular weight is 255 g/mol. The molecule has 0 saturated heterocycles. The smallest absolute Gasteiger partial charge is 0.258 e. The zero-order valence-electron chi connectivity index (χ0n) is 9.80. The second kappa shape index (κ2) is 5.61. The Morgan fingerprint density at radius 3 is 2.63 bits per heavy atom. The first-order valence-corrected chi connectivity index (χ1v) is 5.43. The highest BCUT2D eigenvalue weighted by Crippen LogP contribution is 2.16. The van der Waals surface area contributed by atoms with Crippen LogP contribution >= 0.6 is 0 Å². The third kappa shape index (κ3) is 3.27. The van der Waals surface area contributed by atoms with Crippen molar-refractivity contribution in [3.63, 3.8) is 0 Å². The van der Waals surface area contributed by atoms with Gasteiger partial charge in [-0.1, -0.05) is 18.2 Å². The van der Waals surface area contributed by atoms with Crippen molar-refractivity contribution in [3.05, 3.63) is 74.3 Å². The second-order valence-electron chi connectivity index (χ2n) is 3.78. The molecule has 2 aromatic rings. The number of azide groups is 1. The molecule has 1 aromatic heterocycles. The summed E-state index contributed by atoms with van der Waals surface area (Å²) in [4.78, 5) is 16.9. The van der Waals surface area contributed by atoms with Crippen LogP contribution in [0.3, 0.4) is 0 Å². The Morgan fingerprint density at radius 1 is 1.26 bits per heavy atom. The molecule has 0 aliphatic carbocycles. The molecule has 0 fully saturated rings. The van der Waals surface area contributed by atoms with Crippen LogP contribution in [0.5, 0.6) is 0 Å². The molecular weight excluding hydrogens is 246 g/mol. The maximum atomic E-state index is 10.5. The monoisotopic (exact) mass is 255 g/mol. The summed E-state index contributed by atoms with van der Waals surface area (Å²) in [7, 11) is 0. The highest BCUT2D eigenvalue weighted by molar-refractivity contribution is 5.35. The topological polar surface area (TPSA) is 105 Å². The molecule has 94 valence electrons. The first-order chi connectivity index (χ1) is 9.19. The van der Waals surface area contributed by atoms with Crippen molar-refractivity contribution in [3.8, 4) is 0 Å². The Hall–Kier alpha value is -2.92. The molecule has 1 aromatic carbocycles. The van der Waals surface area contributed by atoms with Crippen LogP contribution in [-0.4, -0.2) is 9.91 Å². The Labute approximate surface area is 108 Å².